The summed E-state index contributed by atoms with van der Waals surface area (Å²) in [7, 11) is -0.619. The molecule has 33 heavy (non-hydrogen) atoms. The van der Waals surface area contributed by atoms with Gasteiger partial charge in [0.25, 0.3) is 0 Å². The molecule has 0 bridgehead atoms. The van der Waals surface area contributed by atoms with Crippen LogP contribution in [0.25, 0.3) is 17.0 Å². The number of anilines is 1. The van der Waals surface area contributed by atoms with Crippen LogP contribution >= 0.6 is 0 Å². The molecule has 0 atom stereocenters. The van der Waals surface area contributed by atoms with E-state index in [9.17, 15) is 4.79 Å². The van der Waals surface area contributed by atoms with Crippen molar-refractivity contribution in [2.24, 2.45) is 0 Å². The monoisotopic (exact) mass is 448 g/mol. The van der Waals surface area contributed by atoms with Crippen LogP contribution in [-0.2, 0) is 20.7 Å². The Morgan fingerprint density at radius 3 is 2.55 bits per heavy atom. The topological polar surface area (TPSA) is 111 Å². The first-order valence-corrected chi connectivity index (χ1v) is 10.9. The molecule has 1 aliphatic rings. The summed E-state index contributed by atoms with van der Waals surface area (Å²) in [5, 5.41) is 10.6. The highest BCUT2D eigenvalue weighted by atomic mass is 16.7. The lowest BCUT2D eigenvalue weighted by molar-refractivity contribution is 0.00578. The van der Waals surface area contributed by atoms with Crippen molar-refractivity contribution in [2.75, 3.05) is 12.3 Å². The number of nitrogens with two attached hydrogens (primary N) is 1. The van der Waals surface area contributed by atoms with Crippen molar-refractivity contribution in [3.05, 3.63) is 65.1 Å². The van der Waals surface area contributed by atoms with Gasteiger partial charge in [0.15, 0.2) is 5.82 Å². The molecule has 3 aromatic rings. The molecule has 4 rings (SSSR count). The lowest BCUT2D eigenvalue weighted by atomic mass is 9.77. The maximum atomic E-state index is 12.4. The van der Waals surface area contributed by atoms with Crippen LogP contribution in [0.4, 0.5) is 10.6 Å². The molecular formula is C24H29BN4O4. The predicted octanol–water partition coefficient (Wildman–Crippen LogP) is 4.09. The lowest BCUT2D eigenvalue weighted by Gasteiger charge is -2.32. The number of carbonyl (C=O) groups is 1. The highest BCUT2D eigenvalue weighted by Gasteiger charge is 2.52. The average molecular weight is 448 g/mol. The molecule has 172 valence electrons. The zero-order chi connectivity index (χ0) is 23.6. The van der Waals surface area contributed by atoms with Crippen LogP contribution in [0.3, 0.4) is 0 Å². The molecule has 1 fully saturated rings. The van der Waals surface area contributed by atoms with Gasteiger partial charge in [-0.1, -0.05) is 42.5 Å². The summed E-state index contributed by atoms with van der Waals surface area (Å²) in [6.45, 7) is 8.36. The van der Waals surface area contributed by atoms with Gasteiger partial charge in [0.1, 0.15) is 6.61 Å². The van der Waals surface area contributed by atoms with E-state index in [1.54, 1.807) is 0 Å². The summed E-state index contributed by atoms with van der Waals surface area (Å²) in [5.41, 5.74) is 8.27. The van der Waals surface area contributed by atoms with E-state index >= 15 is 0 Å². The zero-order valence-corrected chi connectivity index (χ0v) is 19.3. The van der Waals surface area contributed by atoms with E-state index < -0.39 is 24.4 Å². The number of alkyl carbamates (subject to hydrolysis) is 1. The minimum absolute atomic E-state index is 0.195. The van der Waals surface area contributed by atoms with Gasteiger partial charge in [-0.25, -0.2) is 4.79 Å². The Morgan fingerprint density at radius 2 is 1.85 bits per heavy atom. The van der Waals surface area contributed by atoms with Crippen molar-refractivity contribution in [2.45, 2.75) is 45.5 Å². The van der Waals surface area contributed by atoms with Gasteiger partial charge in [0.05, 0.1) is 16.7 Å². The SMILES string of the molecule is CC1(C)OB(C(=Cc2ccc3c(N)n[nH]c3c2)CNC(=O)OCc2ccccc2)OC1(C)C. The number of hydrogen-bond acceptors (Lipinski definition) is 6. The van der Waals surface area contributed by atoms with E-state index in [0.29, 0.717) is 5.82 Å². The summed E-state index contributed by atoms with van der Waals surface area (Å²) < 4.78 is 17.8. The second kappa shape index (κ2) is 8.92. The third-order valence-corrected chi connectivity index (χ3v) is 6.17. The largest absolute Gasteiger partial charge is 0.492 e. The molecule has 4 N–H and O–H groups in total. The number of carbonyl (C=O) groups excluding carboxylic acids is 1. The standard InChI is InChI=1S/C24H29BN4O4/c1-23(2)24(3,4)33-25(32-23)18(12-17-10-11-19-20(13-17)28-29-21(19)26)14-27-22(30)31-15-16-8-6-5-7-9-16/h5-13H,14-15H2,1-4H3,(H,27,30)(H3,26,28,29). The van der Waals surface area contributed by atoms with Crippen molar-refractivity contribution >= 4 is 36.0 Å². The van der Waals surface area contributed by atoms with Gasteiger partial charge in [0, 0.05) is 11.9 Å². The summed E-state index contributed by atoms with van der Waals surface area (Å²) in [6.07, 6.45) is 1.42. The number of nitrogen functional groups attached to an aromatic ring is 1. The number of nitrogens with zero attached hydrogens (tertiary/aromatic N) is 1. The van der Waals surface area contributed by atoms with E-state index in [1.165, 1.54) is 0 Å². The molecule has 0 spiro atoms. The second-order valence-electron chi connectivity index (χ2n) is 9.14. The van der Waals surface area contributed by atoms with Gasteiger partial charge in [-0.15, -0.1) is 0 Å². The van der Waals surface area contributed by atoms with Gasteiger partial charge >= 0.3 is 13.2 Å². The van der Waals surface area contributed by atoms with Crippen LogP contribution in [0.1, 0.15) is 38.8 Å². The van der Waals surface area contributed by atoms with E-state index in [2.05, 4.69) is 15.5 Å². The number of benzene rings is 2. The van der Waals surface area contributed by atoms with Crippen LogP contribution in [0.5, 0.6) is 0 Å². The maximum Gasteiger partial charge on any atom is 0.492 e. The number of amides is 1. The maximum absolute atomic E-state index is 12.4. The molecule has 9 heteroatoms. The number of fused-ring (bicyclic) bond motifs is 1. The van der Waals surface area contributed by atoms with Crippen LogP contribution < -0.4 is 11.1 Å². The summed E-state index contributed by atoms with van der Waals surface area (Å²) >= 11 is 0. The molecule has 1 aliphatic heterocycles. The Morgan fingerprint density at radius 1 is 1.15 bits per heavy atom. The third kappa shape index (κ3) is 5.04. The molecule has 0 radical (unpaired) electrons. The molecule has 2 aromatic carbocycles. The van der Waals surface area contributed by atoms with Crippen molar-refractivity contribution < 1.29 is 18.8 Å². The number of H-pyrrole nitrogens is 1. The van der Waals surface area contributed by atoms with Crippen molar-refractivity contribution in [1.29, 1.82) is 0 Å². The van der Waals surface area contributed by atoms with Gasteiger partial charge in [-0.05, 0) is 56.4 Å². The van der Waals surface area contributed by atoms with E-state index in [0.717, 1.165) is 27.5 Å². The van der Waals surface area contributed by atoms with E-state index in [1.807, 2.05) is 82.3 Å². The van der Waals surface area contributed by atoms with Crippen LogP contribution in [0.2, 0.25) is 0 Å². The van der Waals surface area contributed by atoms with Crippen molar-refractivity contribution in [1.82, 2.24) is 15.5 Å². The Hall–Kier alpha value is -3.30. The summed E-state index contributed by atoms with van der Waals surface area (Å²) in [5.74, 6) is 0.453. The third-order valence-electron chi connectivity index (χ3n) is 6.17. The lowest BCUT2D eigenvalue weighted by Crippen LogP contribution is -2.41. The first-order valence-electron chi connectivity index (χ1n) is 10.9. The fraction of sp³-hybridized carbons (Fsp3) is 0.333. The average Bonchev–Trinajstić information content (AvgIpc) is 3.25. The molecule has 0 unspecified atom stereocenters. The fourth-order valence-electron chi connectivity index (χ4n) is 3.51. The number of aromatic nitrogens is 2. The first kappa shape index (κ1) is 22.9. The number of hydrogen-bond donors (Lipinski definition) is 3. The van der Waals surface area contributed by atoms with E-state index in [4.69, 9.17) is 19.8 Å². The molecular weight excluding hydrogens is 419 g/mol. The minimum atomic E-state index is -0.619. The highest BCUT2D eigenvalue weighted by Crippen LogP contribution is 2.38. The van der Waals surface area contributed by atoms with E-state index in [-0.39, 0.29) is 13.2 Å². The fourth-order valence-corrected chi connectivity index (χ4v) is 3.51. The number of ether oxygens (including phenoxy) is 1. The number of aromatic amines is 1. The first-order chi connectivity index (χ1) is 15.6. The number of nitrogens with one attached hydrogen (secondary N) is 2. The van der Waals surface area contributed by atoms with Gasteiger partial charge < -0.3 is 25.1 Å². The Labute approximate surface area is 193 Å². The molecule has 8 nitrogen and oxygen atoms in total. The van der Waals surface area contributed by atoms with Crippen molar-refractivity contribution in [3.8, 4) is 0 Å². The van der Waals surface area contributed by atoms with Gasteiger partial charge in [0.2, 0.25) is 0 Å². The highest BCUT2D eigenvalue weighted by molar-refractivity contribution is 6.56. The zero-order valence-electron chi connectivity index (χ0n) is 19.3. The summed E-state index contributed by atoms with van der Waals surface area (Å²) in [6, 6.07) is 15.3. The number of rotatable bonds is 6. The van der Waals surface area contributed by atoms with Crippen molar-refractivity contribution in [3.63, 3.8) is 0 Å². The predicted molar refractivity (Wildman–Crippen MR) is 129 cm³/mol. The Kier molecular flexibility index (Phi) is 6.18. The second-order valence-corrected chi connectivity index (χ2v) is 9.14. The molecule has 1 saturated heterocycles. The minimum Gasteiger partial charge on any atom is -0.445 e. The van der Waals surface area contributed by atoms with Gasteiger partial charge in [-0.3, -0.25) is 5.10 Å². The molecule has 1 aromatic heterocycles. The Balaban J connectivity index is 1.52. The van der Waals surface area contributed by atoms with Crippen LogP contribution in [-0.4, -0.2) is 41.2 Å². The van der Waals surface area contributed by atoms with Crippen LogP contribution in [0, 0.1) is 0 Å². The van der Waals surface area contributed by atoms with Gasteiger partial charge in [-0.2, -0.15) is 5.10 Å². The van der Waals surface area contributed by atoms with Crippen LogP contribution in [0.15, 0.2) is 54.0 Å². The smallest absolute Gasteiger partial charge is 0.445 e. The molecule has 1 amide bonds. The molecule has 0 aliphatic carbocycles. The quantitative estimate of drug-likeness (QED) is 0.490. The normalized spacial score (nSPS) is 17.3. The molecule has 2 heterocycles. The molecule has 0 saturated carbocycles. The summed E-state index contributed by atoms with van der Waals surface area (Å²) in [4.78, 5) is 12.4. The Bertz CT molecular complexity index is 1160.